The van der Waals surface area contributed by atoms with E-state index in [1.807, 2.05) is 6.07 Å². The number of methoxy groups -OCH3 is 1. The maximum atomic E-state index is 11.6. The third-order valence-corrected chi connectivity index (χ3v) is 3.62. The molecule has 0 aliphatic rings. The standard InChI is InChI=1S/C17H25N3O2/c1-22-12-4-9-19-17(21)8-11-18-10-7-14-13-20-16-6-3-2-5-15(14)16/h2-3,5-6,13,18,20H,4,7-12H2,1H3,(H,19,21). The van der Waals surface area contributed by atoms with Gasteiger partial charge in [0.05, 0.1) is 0 Å². The lowest BCUT2D eigenvalue weighted by molar-refractivity contribution is -0.121. The van der Waals surface area contributed by atoms with Crippen LogP contribution < -0.4 is 10.6 Å². The molecule has 120 valence electrons. The van der Waals surface area contributed by atoms with Crippen molar-refractivity contribution in [1.29, 1.82) is 0 Å². The molecule has 0 unspecified atom stereocenters. The van der Waals surface area contributed by atoms with Crippen LogP contribution in [0.5, 0.6) is 0 Å². The van der Waals surface area contributed by atoms with E-state index in [2.05, 4.69) is 40.0 Å². The summed E-state index contributed by atoms with van der Waals surface area (Å²) in [6.45, 7) is 2.95. The van der Waals surface area contributed by atoms with Crippen LogP contribution in [0.4, 0.5) is 0 Å². The predicted molar refractivity (Wildman–Crippen MR) is 89.0 cm³/mol. The number of H-pyrrole nitrogens is 1. The van der Waals surface area contributed by atoms with Crippen molar-refractivity contribution in [3.63, 3.8) is 0 Å². The minimum Gasteiger partial charge on any atom is -0.385 e. The molecule has 1 amide bonds. The van der Waals surface area contributed by atoms with Crippen LogP contribution in [0.2, 0.25) is 0 Å². The van der Waals surface area contributed by atoms with E-state index in [-0.39, 0.29) is 5.91 Å². The summed E-state index contributed by atoms with van der Waals surface area (Å²) < 4.78 is 4.94. The molecule has 1 aromatic heterocycles. The first-order valence-electron chi connectivity index (χ1n) is 7.82. The number of rotatable bonds is 10. The molecule has 22 heavy (non-hydrogen) atoms. The average Bonchev–Trinajstić information content (AvgIpc) is 2.95. The summed E-state index contributed by atoms with van der Waals surface area (Å²) in [6.07, 6.45) is 4.39. The summed E-state index contributed by atoms with van der Waals surface area (Å²) in [6, 6.07) is 8.31. The average molecular weight is 303 g/mol. The topological polar surface area (TPSA) is 66.2 Å². The number of ether oxygens (including phenoxy) is 1. The molecule has 0 atom stereocenters. The number of nitrogens with one attached hydrogen (secondary N) is 3. The summed E-state index contributed by atoms with van der Waals surface area (Å²) in [4.78, 5) is 14.9. The van der Waals surface area contributed by atoms with Crippen molar-refractivity contribution in [3.8, 4) is 0 Å². The summed E-state index contributed by atoms with van der Waals surface area (Å²) in [5.41, 5.74) is 2.49. The normalized spacial score (nSPS) is 11.0. The van der Waals surface area contributed by atoms with Gasteiger partial charge in [-0.3, -0.25) is 4.79 Å². The second kappa shape index (κ2) is 9.23. The third kappa shape index (κ3) is 5.16. The number of hydrogen-bond donors (Lipinski definition) is 3. The fourth-order valence-corrected chi connectivity index (χ4v) is 2.42. The number of fused-ring (bicyclic) bond motifs is 1. The zero-order chi connectivity index (χ0) is 15.6. The first kappa shape index (κ1) is 16.5. The van der Waals surface area contributed by atoms with Gasteiger partial charge in [0.15, 0.2) is 0 Å². The van der Waals surface area contributed by atoms with Gasteiger partial charge >= 0.3 is 0 Å². The van der Waals surface area contributed by atoms with Crippen molar-refractivity contribution in [3.05, 3.63) is 36.0 Å². The molecule has 0 radical (unpaired) electrons. The lowest BCUT2D eigenvalue weighted by Gasteiger charge is -2.06. The Morgan fingerprint density at radius 3 is 2.95 bits per heavy atom. The third-order valence-electron chi connectivity index (χ3n) is 3.62. The summed E-state index contributed by atoms with van der Waals surface area (Å²) in [5, 5.41) is 7.48. The quantitative estimate of drug-likeness (QED) is 0.587. The van der Waals surface area contributed by atoms with Gasteiger partial charge in [-0.2, -0.15) is 0 Å². The Morgan fingerprint density at radius 1 is 1.23 bits per heavy atom. The fourth-order valence-electron chi connectivity index (χ4n) is 2.42. The number of carbonyl (C=O) groups is 1. The molecule has 0 spiro atoms. The van der Waals surface area contributed by atoms with Gasteiger partial charge in [-0.05, 0) is 31.0 Å². The van der Waals surface area contributed by atoms with E-state index in [0.29, 0.717) is 26.1 Å². The first-order valence-corrected chi connectivity index (χ1v) is 7.82. The van der Waals surface area contributed by atoms with Crippen LogP contribution in [0.25, 0.3) is 10.9 Å². The van der Waals surface area contributed by atoms with Crippen LogP contribution >= 0.6 is 0 Å². The Kier molecular flexibility index (Phi) is 6.93. The monoisotopic (exact) mass is 303 g/mol. The number of hydrogen-bond acceptors (Lipinski definition) is 3. The van der Waals surface area contributed by atoms with E-state index in [9.17, 15) is 4.79 Å². The maximum Gasteiger partial charge on any atom is 0.221 e. The Morgan fingerprint density at radius 2 is 2.09 bits per heavy atom. The second-order valence-electron chi connectivity index (χ2n) is 5.31. The largest absolute Gasteiger partial charge is 0.385 e. The van der Waals surface area contributed by atoms with Crippen LogP contribution in [-0.2, 0) is 16.0 Å². The van der Waals surface area contributed by atoms with E-state index in [0.717, 1.165) is 19.4 Å². The summed E-state index contributed by atoms with van der Waals surface area (Å²) in [5.74, 6) is 0.0932. The van der Waals surface area contributed by atoms with Crippen LogP contribution in [0.1, 0.15) is 18.4 Å². The van der Waals surface area contributed by atoms with Gasteiger partial charge < -0.3 is 20.4 Å². The maximum absolute atomic E-state index is 11.6. The van der Waals surface area contributed by atoms with Crippen molar-refractivity contribution in [2.45, 2.75) is 19.3 Å². The molecule has 1 aromatic carbocycles. The van der Waals surface area contributed by atoms with E-state index < -0.39 is 0 Å². The molecule has 0 fully saturated rings. The van der Waals surface area contributed by atoms with Crippen molar-refractivity contribution in [2.75, 3.05) is 33.4 Å². The molecule has 0 aliphatic carbocycles. The Balaban J connectivity index is 1.58. The van der Waals surface area contributed by atoms with Crippen LogP contribution in [0, 0.1) is 0 Å². The van der Waals surface area contributed by atoms with Gasteiger partial charge in [0.1, 0.15) is 0 Å². The van der Waals surface area contributed by atoms with Crippen molar-refractivity contribution < 1.29 is 9.53 Å². The highest BCUT2D eigenvalue weighted by molar-refractivity contribution is 5.83. The van der Waals surface area contributed by atoms with Gasteiger partial charge in [-0.1, -0.05) is 18.2 Å². The molecule has 3 N–H and O–H groups in total. The number of aromatic nitrogens is 1. The molecule has 0 aliphatic heterocycles. The Labute approximate surface area is 131 Å². The molecule has 0 bridgehead atoms. The molecule has 2 rings (SSSR count). The zero-order valence-corrected chi connectivity index (χ0v) is 13.2. The minimum absolute atomic E-state index is 0.0932. The van der Waals surface area contributed by atoms with Crippen LogP contribution in [0.15, 0.2) is 30.5 Å². The highest BCUT2D eigenvalue weighted by Crippen LogP contribution is 2.17. The molecule has 2 aromatic rings. The minimum atomic E-state index is 0.0932. The van der Waals surface area contributed by atoms with E-state index in [1.54, 1.807) is 7.11 Å². The summed E-state index contributed by atoms with van der Waals surface area (Å²) >= 11 is 0. The van der Waals surface area contributed by atoms with Gasteiger partial charge in [0, 0.05) is 50.3 Å². The Bertz CT molecular complexity index is 580. The van der Waals surface area contributed by atoms with Gasteiger partial charge in [0.25, 0.3) is 0 Å². The number of benzene rings is 1. The van der Waals surface area contributed by atoms with Gasteiger partial charge in [0.2, 0.25) is 5.91 Å². The van der Waals surface area contributed by atoms with Crippen LogP contribution in [0.3, 0.4) is 0 Å². The van der Waals surface area contributed by atoms with Crippen molar-refractivity contribution in [2.24, 2.45) is 0 Å². The van der Waals surface area contributed by atoms with Crippen LogP contribution in [-0.4, -0.2) is 44.2 Å². The van der Waals surface area contributed by atoms with Gasteiger partial charge in [-0.15, -0.1) is 0 Å². The predicted octanol–water partition coefficient (Wildman–Crippen LogP) is 1.84. The van der Waals surface area contributed by atoms with E-state index in [1.165, 1.54) is 16.5 Å². The van der Waals surface area contributed by atoms with Gasteiger partial charge in [-0.25, -0.2) is 0 Å². The number of carbonyl (C=O) groups excluding carboxylic acids is 1. The lowest BCUT2D eigenvalue weighted by atomic mass is 10.1. The first-order chi connectivity index (χ1) is 10.8. The fraction of sp³-hybridized carbons (Fsp3) is 0.471. The molecule has 5 heteroatoms. The zero-order valence-electron chi connectivity index (χ0n) is 13.2. The lowest BCUT2D eigenvalue weighted by Crippen LogP contribution is -2.29. The SMILES string of the molecule is COCCCNC(=O)CCNCCc1c[nH]c2ccccc12. The smallest absolute Gasteiger partial charge is 0.221 e. The van der Waals surface area contributed by atoms with Crippen molar-refractivity contribution >= 4 is 16.8 Å². The van der Waals surface area contributed by atoms with E-state index >= 15 is 0 Å². The molecule has 0 saturated heterocycles. The summed E-state index contributed by atoms with van der Waals surface area (Å²) in [7, 11) is 1.67. The molecular formula is C17H25N3O2. The highest BCUT2D eigenvalue weighted by atomic mass is 16.5. The highest BCUT2D eigenvalue weighted by Gasteiger charge is 2.03. The molecular weight excluding hydrogens is 278 g/mol. The molecule has 5 nitrogen and oxygen atoms in total. The molecule has 1 heterocycles. The number of aromatic amines is 1. The van der Waals surface area contributed by atoms with E-state index in [4.69, 9.17) is 4.74 Å². The number of amides is 1. The number of para-hydroxylation sites is 1. The Hall–Kier alpha value is -1.85. The molecule has 0 saturated carbocycles. The second-order valence-corrected chi connectivity index (χ2v) is 5.31. The van der Waals surface area contributed by atoms with Crippen molar-refractivity contribution in [1.82, 2.24) is 15.6 Å².